The Balaban J connectivity index is 3.13. The fraction of sp³-hybridized carbons (Fsp3) is 0.286. The minimum atomic E-state index is -2.46. The highest BCUT2D eigenvalue weighted by Crippen LogP contribution is 2.32. The normalized spacial score (nSPS) is 39.9. The second-order valence-corrected chi connectivity index (χ2v) is 3.04. The predicted octanol–water partition coefficient (Wildman–Crippen LogP) is -0.145. The maximum absolute atomic E-state index is 10.5. The summed E-state index contributed by atoms with van der Waals surface area (Å²) in [7, 11) is 0. The number of halogens is 1. The van der Waals surface area contributed by atoms with Crippen LogP contribution < -0.4 is 0 Å². The standard InChI is InChI=1S/C7H7ClO4/c8-7(12)4-2-1-3-6(7,11)5(9)10/h1-4,11-12H,(H,9,10). The van der Waals surface area contributed by atoms with E-state index in [0.717, 1.165) is 12.2 Å². The van der Waals surface area contributed by atoms with Crippen molar-refractivity contribution < 1.29 is 20.1 Å². The predicted molar refractivity (Wildman–Crippen MR) is 41.7 cm³/mol. The molecule has 1 aliphatic rings. The third-order valence-electron chi connectivity index (χ3n) is 1.63. The van der Waals surface area contributed by atoms with E-state index >= 15 is 0 Å². The van der Waals surface area contributed by atoms with Crippen molar-refractivity contribution in [2.75, 3.05) is 0 Å². The van der Waals surface area contributed by atoms with Gasteiger partial charge in [0.1, 0.15) is 0 Å². The van der Waals surface area contributed by atoms with Gasteiger partial charge in [0.15, 0.2) is 0 Å². The van der Waals surface area contributed by atoms with Gasteiger partial charge in [0, 0.05) is 0 Å². The van der Waals surface area contributed by atoms with E-state index in [0.29, 0.717) is 0 Å². The summed E-state index contributed by atoms with van der Waals surface area (Å²) in [6.07, 6.45) is 4.57. The SMILES string of the molecule is O=C(O)C1(O)C=CC=CC1(O)Cl. The maximum Gasteiger partial charge on any atom is 0.344 e. The van der Waals surface area contributed by atoms with Gasteiger partial charge in [-0.15, -0.1) is 0 Å². The second-order valence-electron chi connectivity index (χ2n) is 2.46. The molecule has 0 spiro atoms. The van der Waals surface area contributed by atoms with Crippen LogP contribution in [0.15, 0.2) is 24.3 Å². The average molecular weight is 191 g/mol. The Kier molecular flexibility index (Phi) is 1.99. The molecular weight excluding hydrogens is 184 g/mol. The molecule has 1 aliphatic carbocycles. The Morgan fingerprint density at radius 3 is 2.08 bits per heavy atom. The zero-order valence-electron chi connectivity index (χ0n) is 5.94. The Morgan fingerprint density at radius 2 is 1.75 bits per heavy atom. The van der Waals surface area contributed by atoms with Crippen molar-refractivity contribution in [1.82, 2.24) is 0 Å². The maximum atomic E-state index is 10.5. The molecule has 2 atom stereocenters. The lowest BCUT2D eigenvalue weighted by atomic mass is 9.92. The van der Waals surface area contributed by atoms with E-state index in [4.69, 9.17) is 16.7 Å². The lowest BCUT2D eigenvalue weighted by Gasteiger charge is -2.32. The molecule has 0 aromatic heterocycles. The highest BCUT2D eigenvalue weighted by atomic mass is 35.5. The van der Waals surface area contributed by atoms with Crippen LogP contribution in [0.25, 0.3) is 0 Å². The number of hydrogen-bond donors (Lipinski definition) is 3. The molecule has 0 amide bonds. The third-order valence-corrected chi connectivity index (χ3v) is 2.04. The Morgan fingerprint density at radius 1 is 1.25 bits per heavy atom. The molecular formula is C7H7ClO4. The number of aliphatic hydroxyl groups is 2. The first-order valence-electron chi connectivity index (χ1n) is 3.14. The largest absolute Gasteiger partial charge is 0.479 e. The van der Waals surface area contributed by atoms with Crippen molar-refractivity contribution >= 4 is 17.6 Å². The van der Waals surface area contributed by atoms with Crippen molar-refractivity contribution in [2.24, 2.45) is 0 Å². The molecule has 0 aromatic rings. The summed E-state index contributed by atoms with van der Waals surface area (Å²) in [4.78, 5) is 10.5. The average Bonchev–Trinajstić information content (AvgIpc) is 1.95. The second kappa shape index (κ2) is 2.58. The zero-order chi connectivity index (χ0) is 9.41. The molecule has 1 rings (SSSR count). The monoisotopic (exact) mass is 190 g/mol. The highest BCUT2D eigenvalue weighted by molar-refractivity contribution is 6.27. The molecule has 3 N–H and O–H groups in total. The Hall–Kier alpha value is -0.840. The molecule has 66 valence electrons. The number of aliphatic carboxylic acids is 1. The number of rotatable bonds is 1. The number of hydrogen-bond acceptors (Lipinski definition) is 3. The van der Waals surface area contributed by atoms with Gasteiger partial charge in [-0.3, -0.25) is 0 Å². The molecule has 0 aromatic carbocycles. The first kappa shape index (κ1) is 9.25. The van der Waals surface area contributed by atoms with Gasteiger partial charge >= 0.3 is 5.97 Å². The smallest absolute Gasteiger partial charge is 0.344 e. The number of allylic oxidation sites excluding steroid dienone is 2. The first-order chi connectivity index (χ1) is 5.40. The van der Waals surface area contributed by atoms with E-state index in [1.807, 2.05) is 0 Å². The third kappa shape index (κ3) is 1.14. The van der Waals surface area contributed by atoms with Gasteiger partial charge in [-0.05, 0) is 12.2 Å². The first-order valence-corrected chi connectivity index (χ1v) is 3.52. The summed E-state index contributed by atoms with van der Waals surface area (Å²) in [6.45, 7) is 0. The van der Waals surface area contributed by atoms with Gasteiger partial charge in [0.25, 0.3) is 0 Å². The summed E-state index contributed by atoms with van der Waals surface area (Å²) in [5.41, 5.74) is -2.46. The van der Waals surface area contributed by atoms with Crippen LogP contribution in [0.1, 0.15) is 0 Å². The number of carboxylic acids is 1. The molecule has 5 heteroatoms. The van der Waals surface area contributed by atoms with Crippen molar-refractivity contribution in [1.29, 1.82) is 0 Å². The van der Waals surface area contributed by atoms with Gasteiger partial charge in [0.05, 0.1) is 0 Å². The summed E-state index contributed by atoms with van der Waals surface area (Å²) >= 11 is 5.36. The minimum absolute atomic E-state index is 0.919. The van der Waals surface area contributed by atoms with Crippen LogP contribution in [-0.2, 0) is 4.79 Å². The van der Waals surface area contributed by atoms with E-state index in [-0.39, 0.29) is 0 Å². The van der Waals surface area contributed by atoms with E-state index in [9.17, 15) is 15.0 Å². The summed E-state index contributed by atoms with van der Waals surface area (Å²) in [5.74, 6) is -1.60. The van der Waals surface area contributed by atoms with Crippen LogP contribution in [0.4, 0.5) is 0 Å². The quantitative estimate of drug-likeness (QED) is 0.503. The van der Waals surface area contributed by atoms with Crippen LogP contribution in [-0.4, -0.2) is 32.0 Å². The molecule has 0 saturated carbocycles. The molecule has 0 fully saturated rings. The summed E-state index contributed by atoms with van der Waals surface area (Å²) in [5, 5.41) is 24.9. The fourth-order valence-electron chi connectivity index (χ4n) is 0.843. The van der Waals surface area contributed by atoms with E-state index in [1.165, 1.54) is 12.2 Å². The molecule has 12 heavy (non-hydrogen) atoms. The van der Waals surface area contributed by atoms with Crippen LogP contribution in [0.2, 0.25) is 0 Å². The van der Waals surface area contributed by atoms with E-state index in [1.54, 1.807) is 0 Å². The van der Waals surface area contributed by atoms with E-state index in [2.05, 4.69) is 0 Å². The van der Waals surface area contributed by atoms with Crippen molar-refractivity contribution in [3.05, 3.63) is 24.3 Å². The molecule has 2 unspecified atom stereocenters. The van der Waals surface area contributed by atoms with Gasteiger partial charge < -0.3 is 15.3 Å². The molecule has 0 radical (unpaired) electrons. The fourth-order valence-corrected chi connectivity index (χ4v) is 1.06. The number of carboxylic acid groups (broad SMARTS) is 1. The van der Waals surface area contributed by atoms with E-state index < -0.39 is 16.6 Å². The molecule has 0 heterocycles. The number of carbonyl (C=O) groups is 1. The molecule has 0 saturated heterocycles. The van der Waals surface area contributed by atoms with Gasteiger partial charge in [-0.2, -0.15) is 0 Å². The zero-order valence-corrected chi connectivity index (χ0v) is 6.69. The van der Waals surface area contributed by atoms with Crippen molar-refractivity contribution in [3.8, 4) is 0 Å². The van der Waals surface area contributed by atoms with Gasteiger partial charge in [-0.25, -0.2) is 4.79 Å². The lowest BCUT2D eigenvalue weighted by Crippen LogP contribution is -2.54. The topological polar surface area (TPSA) is 77.8 Å². The van der Waals surface area contributed by atoms with Crippen molar-refractivity contribution in [3.63, 3.8) is 0 Å². The van der Waals surface area contributed by atoms with Gasteiger partial charge in [0.2, 0.25) is 10.7 Å². The minimum Gasteiger partial charge on any atom is -0.479 e. The lowest BCUT2D eigenvalue weighted by molar-refractivity contribution is -0.164. The van der Waals surface area contributed by atoms with Gasteiger partial charge in [-0.1, -0.05) is 23.8 Å². The molecule has 4 nitrogen and oxygen atoms in total. The Bertz CT molecular complexity index is 269. The highest BCUT2D eigenvalue weighted by Gasteiger charge is 2.52. The summed E-state index contributed by atoms with van der Waals surface area (Å²) < 4.78 is 0. The molecule has 0 bridgehead atoms. The van der Waals surface area contributed by atoms with Crippen LogP contribution >= 0.6 is 11.6 Å². The van der Waals surface area contributed by atoms with Crippen molar-refractivity contribution in [2.45, 2.75) is 10.7 Å². The number of alkyl halides is 1. The Labute approximate surface area is 73.4 Å². The summed E-state index contributed by atoms with van der Waals surface area (Å²) in [6, 6.07) is 0. The van der Waals surface area contributed by atoms with Crippen LogP contribution in [0.3, 0.4) is 0 Å². The van der Waals surface area contributed by atoms with Crippen LogP contribution in [0.5, 0.6) is 0 Å². The molecule has 0 aliphatic heterocycles. The van der Waals surface area contributed by atoms with Crippen LogP contribution in [0, 0.1) is 0 Å².